The van der Waals surface area contributed by atoms with E-state index in [-0.39, 0.29) is 19.1 Å². The third kappa shape index (κ3) is 3.50. The lowest BCUT2D eigenvalue weighted by atomic mass is 10.2. The zero-order valence-electron chi connectivity index (χ0n) is 9.00. The third-order valence-corrected chi connectivity index (χ3v) is 2.55. The van der Waals surface area contributed by atoms with E-state index in [1.165, 1.54) is 0 Å². The molecule has 0 fully saturated rings. The Bertz CT molecular complexity index is 368. The molecule has 0 atom stereocenters. The van der Waals surface area contributed by atoms with Crippen LogP contribution in [0, 0.1) is 0 Å². The number of rotatable bonds is 5. The van der Waals surface area contributed by atoms with Crippen LogP contribution >= 0.6 is 15.9 Å². The summed E-state index contributed by atoms with van der Waals surface area (Å²) in [4.78, 5) is 11.6. The lowest BCUT2D eigenvalue weighted by Crippen LogP contribution is -2.26. The van der Waals surface area contributed by atoms with Gasteiger partial charge in [0.25, 0.3) is 5.91 Å². The Morgan fingerprint density at radius 1 is 1.56 bits per heavy atom. The van der Waals surface area contributed by atoms with Gasteiger partial charge in [-0.3, -0.25) is 4.79 Å². The van der Waals surface area contributed by atoms with E-state index in [2.05, 4.69) is 21.2 Å². The fraction of sp³-hybridized carbons (Fsp3) is 0.364. The molecule has 0 aromatic heterocycles. The van der Waals surface area contributed by atoms with E-state index in [0.29, 0.717) is 17.9 Å². The summed E-state index contributed by atoms with van der Waals surface area (Å²) in [5.74, 6) is 0.418. The standard InChI is InChI=1S/C11H14BrNO3/c1-2-16-10-7-8(3-4-9(10)12)11(15)13-5-6-14/h3-4,7,14H,2,5-6H2,1H3,(H,13,15). The van der Waals surface area contributed by atoms with Crippen LogP contribution in [-0.2, 0) is 0 Å². The molecule has 0 heterocycles. The Balaban J connectivity index is 2.81. The number of aliphatic hydroxyl groups excluding tert-OH is 1. The molecule has 1 aromatic rings. The van der Waals surface area contributed by atoms with Crippen LogP contribution in [0.5, 0.6) is 5.75 Å². The fourth-order valence-electron chi connectivity index (χ4n) is 1.18. The van der Waals surface area contributed by atoms with E-state index in [0.717, 1.165) is 4.47 Å². The first-order valence-electron chi connectivity index (χ1n) is 5.00. The van der Waals surface area contributed by atoms with Crippen molar-refractivity contribution in [3.05, 3.63) is 28.2 Å². The van der Waals surface area contributed by atoms with Crippen LogP contribution in [0.2, 0.25) is 0 Å². The monoisotopic (exact) mass is 287 g/mol. The topological polar surface area (TPSA) is 58.6 Å². The molecule has 1 aromatic carbocycles. The average molecular weight is 288 g/mol. The van der Waals surface area contributed by atoms with E-state index in [1.807, 2.05) is 6.92 Å². The third-order valence-electron chi connectivity index (χ3n) is 1.89. The molecule has 0 aliphatic heterocycles. The maximum absolute atomic E-state index is 11.6. The van der Waals surface area contributed by atoms with Crippen molar-refractivity contribution in [1.29, 1.82) is 0 Å². The number of aliphatic hydroxyl groups is 1. The van der Waals surface area contributed by atoms with Gasteiger partial charge < -0.3 is 15.2 Å². The lowest BCUT2D eigenvalue weighted by molar-refractivity contribution is 0.0944. The van der Waals surface area contributed by atoms with Gasteiger partial charge in [-0.25, -0.2) is 0 Å². The van der Waals surface area contributed by atoms with Gasteiger partial charge in [-0.15, -0.1) is 0 Å². The molecule has 0 spiro atoms. The summed E-state index contributed by atoms with van der Waals surface area (Å²) in [6, 6.07) is 5.12. The second-order valence-corrected chi connectivity index (χ2v) is 3.91. The van der Waals surface area contributed by atoms with Crippen LogP contribution in [-0.4, -0.2) is 30.8 Å². The molecule has 2 N–H and O–H groups in total. The fourth-order valence-corrected chi connectivity index (χ4v) is 1.54. The Morgan fingerprint density at radius 2 is 2.31 bits per heavy atom. The predicted molar refractivity (Wildman–Crippen MR) is 64.7 cm³/mol. The van der Waals surface area contributed by atoms with Crippen molar-refractivity contribution in [2.24, 2.45) is 0 Å². The number of amides is 1. The molecule has 4 nitrogen and oxygen atoms in total. The maximum atomic E-state index is 11.6. The minimum Gasteiger partial charge on any atom is -0.493 e. The summed E-state index contributed by atoms with van der Waals surface area (Å²) in [5.41, 5.74) is 0.514. The summed E-state index contributed by atoms with van der Waals surface area (Å²) in [7, 11) is 0. The van der Waals surface area contributed by atoms with Crippen molar-refractivity contribution in [3.8, 4) is 5.75 Å². The highest BCUT2D eigenvalue weighted by molar-refractivity contribution is 9.10. The van der Waals surface area contributed by atoms with Crippen LogP contribution in [0.1, 0.15) is 17.3 Å². The molecular weight excluding hydrogens is 274 g/mol. The Labute approximate surface area is 103 Å². The van der Waals surface area contributed by atoms with Crippen molar-refractivity contribution >= 4 is 21.8 Å². The second-order valence-electron chi connectivity index (χ2n) is 3.06. The van der Waals surface area contributed by atoms with E-state index in [4.69, 9.17) is 9.84 Å². The average Bonchev–Trinajstić information content (AvgIpc) is 2.29. The number of halogens is 1. The lowest BCUT2D eigenvalue weighted by Gasteiger charge is -2.08. The minimum atomic E-state index is -0.220. The van der Waals surface area contributed by atoms with Crippen molar-refractivity contribution in [2.75, 3.05) is 19.8 Å². The van der Waals surface area contributed by atoms with Gasteiger partial charge in [0, 0.05) is 12.1 Å². The minimum absolute atomic E-state index is 0.0689. The smallest absolute Gasteiger partial charge is 0.251 e. The summed E-state index contributed by atoms with van der Waals surface area (Å²) < 4.78 is 6.17. The van der Waals surface area contributed by atoms with Gasteiger partial charge >= 0.3 is 0 Å². The number of hydrogen-bond acceptors (Lipinski definition) is 3. The van der Waals surface area contributed by atoms with Crippen molar-refractivity contribution in [2.45, 2.75) is 6.92 Å². The van der Waals surface area contributed by atoms with Gasteiger partial charge in [0.15, 0.2) is 0 Å². The van der Waals surface area contributed by atoms with E-state index in [9.17, 15) is 4.79 Å². The molecule has 0 aliphatic rings. The zero-order valence-corrected chi connectivity index (χ0v) is 10.6. The van der Waals surface area contributed by atoms with Crippen molar-refractivity contribution < 1.29 is 14.6 Å². The molecule has 5 heteroatoms. The van der Waals surface area contributed by atoms with Gasteiger partial charge in [-0.2, -0.15) is 0 Å². The first-order valence-corrected chi connectivity index (χ1v) is 5.79. The first-order chi connectivity index (χ1) is 7.69. The predicted octanol–water partition coefficient (Wildman–Crippen LogP) is 1.57. The molecule has 1 rings (SSSR count). The maximum Gasteiger partial charge on any atom is 0.251 e. The number of hydrogen-bond donors (Lipinski definition) is 2. The number of carbonyl (C=O) groups excluding carboxylic acids is 1. The highest BCUT2D eigenvalue weighted by atomic mass is 79.9. The molecule has 0 unspecified atom stereocenters. The Kier molecular flexibility index (Phi) is 5.28. The van der Waals surface area contributed by atoms with Crippen LogP contribution in [0.4, 0.5) is 0 Å². The number of nitrogens with one attached hydrogen (secondary N) is 1. The molecule has 0 aliphatic carbocycles. The summed E-state index contributed by atoms with van der Waals surface area (Å²) in [6.45, 7) is 2.60. The zero-order chi connectivity index (χ0) is 12.0. The normalized spacial score (nSPS) is 9.94. The summed E-state index contributed by atoms with van der Waals surface area (Å²) in [5, 5.41) is 11.2. The van der Waals surface area contributed by atoms with Crippen LogP contribution in [0.25, 0.3) is 0 Å². The highest BCUT2D eigenvalue weighted by Crippen LogP contribution is 2.25. The van der Waals surface area contributed by atoms with Gasteiger partial charge in [0.05, 0.1) is 17.7 Å². The van der Waals surface area contributed by atoms with Gasteiger partial charge in [-0.1, -0.05) is 0 Å². The molecule has 88 valence electrons. The van der Waals surface area contributed by atoms with Crippen molar-refractivity contribution in [3.63, 3.8) is 0 Å². The Hall–Kier alpha value is -1.07. The van der Waals surface area contributed by atoms with E-state index < -0.39 is 0 Å². The number of benzene rings is 1. The molecule has 16 heavy (non-hydrogen) atoms. The summed E-state index contributed by atoms with van der Waals surface area (Å²) in [6.07, 6.45) is 0. The van der Waals surface area contributed by atoms with Crippen LogP contribution in [0.15, 0.2) is 22.7 Å². The van der Waals surface area contributed by atoms with Crippen molar-refractivity contribution in [1.82, 2.24) is 5.32 Å². The highest BCUT2D eigenvalue weighted by Gasteiger charge is 2.08. The number of ether oxygens (including phenoxy) is 1. The number of carbonyl (C=O) groups is 1. The SMILES string of the molecule is CCOc1cc(C(=O)NCCO)ccc1Br. The quantitative estimate of drug-likeness (QED) is 0.864. The van der Waals surface area contributed by atoms with E-state index >= 15 is 0 Å². The van der Waals surface area contributed by atoms with Gasteiger partial charge in [-0.05, 0) is 41.1 Å². The second kappa shape index (κ2) is 6.50. The molecule has 0 saturated carbocycles. The Morgan fingerprint density at radius 3 is 2.94 bits per heavy atom. The summed E-state index contributed by atoms with van der Waals surface area (Å²) >= 11 is 3.34. The van der Waals surface area contributed by atoms with Crippen LogP contribution < -0.4 is 10.1 Å². The largest absolute Gasteiger partial charge is 0.493 e. The van der Waals surface area contributed by atoms with Crippen LogP contribution in [0.3, 0.4) is 0 Å². The molecule has 0 radical (unpaired) electrons. The van der Waals surface area contributed by atoms with Gasteiger partial charge in [0.2, 0.25) is 0 Å². The van der Waals surface area contributed by atoms with Gasteiger partial charge in [0.1, 0.15) is 5.75 Å². The molecular formula is C11H14BrNO3. The van der Waals surface area contributed by atoms with E-state index in [1.54, 1.807) is 18.2 Å². The molecule has 0 bridgehead atoms. The molecule has 1 amide bonds. The molecule has 0 saturated heterocycles. The first kappa shape index (κ1) is 13.0.